The molecule has 0 unspecified atom stereocenters. The summed E-state index contributed by atoms with van der Waals surface area (Å²) in [6.07, 6.45) is 0. The Kier molecular flexibility index (Phi) is 3.44. The predicted molar refractivity (Wildman–Crippen MR) is 77.8 cm³/mol. The Morgan fingerprint density at radius 1 is 1.05 bits per heavy atom. The van der Waals surface area contributed by atoms with Gasteiger partial charge in [0.1, 0.15) is 5.84 Å². The van der Waals surface area contributed by atoms with Gasteiger partial charge >= 0.3 is 0 Å². The summed E-state index contributed by atoms with van der Waals surface area (Å²) in [5, 5.41) is 8.23. The molecule has 1 N–H and O–H groups in total. The molecular formula is C15H12F2N2S. The average molecular weight is 290 g/mol. The fourth-order valence-corrected chi connectivity index (χ4v) is 3.01. The van der Waals surface area contributed by atoms with Gasteiger partial charge in [0, 0.05) is 10.5 Å². The van der Waals surface area contributed by atoms with Gasteiger partial charge in [0.05, 0.1) is 12.2 Å². The van der Waals surface area contributed by atoms with Crippen LogP contribution in [0.5, 0.6) is 0 Å². The van der Waals surface area contributed by atoms with Gasteiger partial charge in [-0.05, 0) is 17.7 Å². The van der Waals surface area contributed by atoms with Crippen LogP contribution in [0.2, 0.25) is 0 Å². The summed E-state index contributed by atoms with van der Waals surface area (Å²) in [6.45, 7) is 0.551. The number of nitrogens with one attached hydrogen (secondary N) is 1. The van der Waals surface area contributed by atoms with Gasteiger partial charge in [-0.25, -0.2) is 0 Å². The lowest BCUT2D eigenvalue weighted by Gasteiger charge is -2.21. The molecule has 0 fully saturated rings. The second-order valence-electron chi connectivity index (χ2n) is 4.44. The van der Waals surface area contributed by atoms with Crippen LogP contribution in [0.1, 0.15) is 11.1 Å². The maximum atomic E-state index is 12.6. The maximum Gasteiger partial charge on any atom is 0.288 e. The molecule has 2 aromatic carbocycles. The molecule has 1 aliphatic heterocycles. The Bertz CT molecular complexity index is 658. The largest absolute Gasteiger partial charge is 0.321 e. The number of fused-ring (bicyclic) bond motifs is 1. The molecule has 0 spiro atoms. The van der Waals surface area contributed by atoms with E-state index in [0.29, 0.717) is 34.7 Å². The van der Waals surface area contributed by atoms with Crippen molar-refractivity contribution in [3.8, 4) is 0 Å². The molecule has 5 heteroatoms. The van der Waals surface area contributed by atoms with Crippen molar-refractivity contribution >= 4 is 23.3 Å². The summed E-state index contributed by atoms with van der Waals surface area (Å²) in [7, 11) is 0. The van der Waals surface area contributed by atoms with Crippen molar-refractivity contribution in [2.75, 3.05) is 4.90 Å². The zero-order chi connectivity index (χ0) is 14.1. The van der Waals surface area contributed by atoms with Crippen LogP contribution < -0.4 is 4.90 Å². The summed E-state index contributed by atoms with van der Waals surface area (Å²) in [5.41, 5.74) is 2.58. The first-order valence-electron chi connectivity index (χ1n) is 6.15. The third kappa shape index (κ3) is 2.29. The van der Waals surface area contributed by atoms with Crippen LogP contribution in [-0.4, -0.2) is 11.6 Å². The summed E-state index contributed by atoms with van der Waals surface area (Å²) >= 11 is 0.521. The summed E-state index contributed by atoms with van der Waals surface area (Å²) in [6, 6.07) is 14.7. The third-order valence-electron chi connectivity index (χ3n) is 3.24. The van der Waals surface area contributed by atoms with Crippen LogP contribution in [0.25, 0.3) is 0 Å². The van der Waals surface area contributed by atoms with E-state index in [-0.39, 0.29) is 0 Å². The second kappa shape index (κ2) is 5.25. The van der Waals surface area contributed by atoms with Crippen molar-refractivity contribution in [1.82, 2.24) is 0 Å². The molecule has 0 amide bonds. The molecule has 0 atom stereocenters. The lowest BCUT2D eigenvalue weighted by molar-refractivity contribution is 0.252. The average Bonchev–Trinajstić information content (AvgIpc) is 2.77. The van der Waals surface area contributed by atoms with Gasteiger partial charge in [0.2, 0.25) is 0 Å². The lowest BCUT2D eigenvalue weighted by atomic mass is 10.1. The molecule has 2 nitrogen and oxygen atoms in total. The topological polar surface area (TPSA) is 27.1 Å². The monoisotopic (exact) mass is 290 g/mol. The van der Waals surface area contributed by atoms with Gasteiger partial charge in [-0.3, -0.25) is 5.41 Å². The minimum atomic E-state index is -2.46. The first-order valence-corrected chi connectivity index (χ1v) is 7.03. The van der Waals surface area contributed by atoms with Gasteiger partial charge in [-0.1, -0.05) is 48.2 Å². The molecule has 0 radical (unpaired) electrons. The van der Waals surface area contributed by atoms with Gasteiger partial charge in [0.25, 0.3) is 5.76 Å². The van der Waals surface area contributed by atoms with Crippen LogP contribution in [-0.2, 0) is 6.54 Å². The molecule has 1 heterocycles. The van der Waals surface area contributed by atoms with E-state index in [1.165, 1.54) is 0 Å². The van der Waals surface area contributed by atoms with Gasteiger partial charge in [-0.15, -0.1) is 0 Å². The van der Waals surface area contributed by atoms with Crippen LogP contribution >= 0.6 is 11.8 Å². The predicted octanol–water partition coefficient (Wildman–Crippen LogP) is 4.35. The van der Waals surface area contributed by atoms with Gasteiger partial charge < -0.3 is 4.90 Å². The number of halogens is 2. The SMILES string of the molecule is N=C1c2ccccc2CN1c1ccccc1SC(F)F. The summed E-state index contributed by atoms with van der Waals surface area (Å²) in [5.74, 6) is -2.10. The number of amidine groups is 1. The van der Waals surface area contributed by atoms with Crippen LogP contribution in [0, 0.1) is 5.41 Å². The number of alkyl halides is 2. The Hall–Kier alpha value is -1.88. The minimum absolute atomic E-state index is 0.364. The Morgan fingerprint density at radius 3 is 2.50 bits per heavy atom. The quantitative estimate of drug-likeness (QED) is 0.851. The number of hydrogen-bond acceptors (Lipinski definition) is 2. The van der Waals surface area contributed by atoms with E-state index < -0.39 is 5.76 Å². The van der Waals surface area contributed by atoms with E-state index in [9.17, 15) is 8.78 Å². The van der Waals surface area contributed by atoms with E-state index >= 15 is 0 Å². The molecular weight excluding hydrogens is 278 g/mol. The van der Waals surface area contributed by atoms with E-state index in [1.807, 2.05) is 24.3 Å². The number of hydrogen-bond donors (Lipinski definition) is 1. The number of benzene rings is 2. The molecule has 20 heavy (non-hydrogen) atoms. The summed E-state index contributed by atoms with van der Waals surface area (Å²) < 4.78 is 25.3. The number of anilines is 1. The van der Waals surface area contributed by atoms with Crippen molar-refractivity contribution in [2.45, 2.75) is 17.2 Å². The van der Waals surface area contributed by atoms with Crippen LogP contribution in [0.4, 0.5) is 14.5 Å². The van der Waals surface area contributed by atoms with Crippen LogP contribution in [0.3, 0.4) is 0 Å². The molecule has 0 saturated heterocycles. The molecule has 102 valence electrons. The lowest BCUT2D eigenvalue weighted by Crippen LogP contribution is -2.23. The highest BCUT2D eigenvalue weighted by atomic mass is 32.2. The summed E-state index contributed by atoms with van der Waals surface area (Å²) in [4.78, 5) is 2.27. The number of nitrogens with zero attached hydrogens (tertiary/aromatic N) is 1. The normalized spacial score (nSPS) is 13.9. The van der Waals surface area contributed by atoms with Gasteiger partial charge in [-0.2, -0.15) is 8.78 Å². The fourth-order valence-electron chi connectivity index (χ4n) is 2.37. The highest BCUT2D eigenvalue weighted by molar-refractivity contribution is 7.99. The zero-order valence-corrected chi connectivity index (χ0v) is 11.3. The minimum Gasteiger partial charge on any atom is -0.321 e. The Balaban J connectivity index is 1.98. The highest BCUT2D eigenvalue weighted by Gasteiger charge is 2.26. The van der Waals surface area contributed by atoms with Crippen molar-refractivity contribution in [3.05, 3.63) is 59.7 Å². The standard InChI is InChI=1S/C15H12F2N2S/c16-15(17)20-13-8-4-3-7-12(13)19-9-10-5-1-2-6-11(10)14(19)18/h1-8,15,18H,9H2. The number of rotatable bonds is 3. The highest BCUT2D eigenvalue weighted by Crippen LogP contribution is 2.37. The first-order chi connectivity index (χ1) is 9.66. The fraction of sp³-hybridized carbons (Fsp3) is 0.133. The molecule has 0 bridgehead atoms. The molecule has 1 aliphatic rings. The van der Waals surface area contributed by atoms with Crippen LogP contribution in [0.15, 0.2) is 53.4 Å². The second-order valence-corrected chi connectivity index (χ2v) is 5.47. The van der Waals surface area contributed by atoms with E-state index in [2.05, 4.69) is 0 Å². The molecule has 3 rings (SSSR count). The smallest absolute Gasteiger partial charge is 0.288 e. The molecule has 0 aromatic heterocycles. The van der Waals surface area contributed by atoms with Crippen molar-refractivity contribution in [1.29, 1.82) is 5.41 Å². The van der Waals surface area contributed by atoms with E-state index in [1.54, 1.807) is 29.2 Å². The Labute approximate surface area is 119 Å². The molecule has 0 aliphatic carbocycles. The Morgan fingerprint density at radius 2 is 1.75 bits per heavy atom. The maximum absolute atomic E-state index is 12.6. The van der Waals surface area contributed by atoms with E-state index in [4.69, 9.17) is 5.41 Å². The van der Waals surface area contributed by atoms with Crippen molar-refractivity contribution < 1.29 is 8.78 Å². The molecule has 0 saturated carbocycles. The number of para-hydroxylation sites is 1. The third-order valence-corrected chi connectivity index (χ3v) is 4.02. The van der Waals surface area contributed by atoms with Gasteiger partial charge in [0.15, 0.2) is 0 Å². The van der Waals surface area contributed by atoms with Crippen molar-refractivity contribution in [2.24, 2.45) is 0 Å². The zero-order valence-electron chi connectivity index (χ0n) is 10.5. The van der Waals surface area contributed by atoms with Crippen molar-refractivity contribution in [3.63, 3.8) is 0 Å². The first kappa shape index (κ1) is 13.1. The number of thioether (sulfide) groups is 1. The molecule has 2 aromatic rings. The van der Waals surface area contributed by atoms with E-state index in [0.717, 1.165) is 11.1 Å².